The molecule has 1 fully saturated rings. The van der Waals surface area contributed by atoms with Crippen molar-refractivity contribution < 1.29 is 14.3 Å². The molecule has 1 N–H and O–H groups in total. The smallest absolute Gasteiger partial charge is 0.254 e. The van der Waals surface area contributed by atoms with Crippen LogP contribution in [0.5, 0.6) is 11.5 Å². The van der Waals surface area contributed by atoms with Gasteiger partial charge >= 0.3 is 0 Å². The van der Waals surface area contributed by atoms with E-state index in [2.05, 4.69) is 5.32 Å². The van der Waals surface area contributed by atoms with Crippen molar-refractivity contribution in [2.75, 3.05) is 14.2 Å². The normalized spacial score (nSPS) is 14.4. The van der Waals surface area contributed by atoms with E-state index in [0.717, 1.165) is 18.6 Å². The maximum atomic E-state index is 11.5. The van der Waals surface area contributed by atoms with E-state index >= 15 is 0 Å². The van der Waals surface area contributed by atoms with Crippen LogP contribution >= 0.6 is 0 Å². The van der Waals surface area contributed by atoms with Gasteiger partial charge in [0.2, 0.25) is 0 Å². The molecule has 0 atom stereocenters. The SMILES string of the molecule is CNC(=O)c1ccc(OC2CC2)cc1OC. The Morgan fingerprint density at radius 3 is 2.75 bits per heavy atom. The Labute approximate surface area is 94.6 Å². The summed E-state index contributed by atoms with van der Waals surface area (Å²) < 4.78 is 10.8. The number of hydrogen-bond donors (Lipinski definition) is 1. The first-order chi connectivity index (χ1) is 7.74. The van der Waals surface area contributed by atoms with Gasteiger partial charge in [-0.2, -0.15) is 0 Å². The lowest BCUT2D eigenvalue weighted by molar-refractivity contribution is 0.0960. The van der Waals surface area contributed by atoms with E-state index in [0.29, 0.717) is 17.4 Å². The minimum Gasteiger partial charge on any atom is -0.496 e. The minimum atomic E-state index is -0.158. The Balaban J connectivity index is 2.22. The fraction of sp³-hybridized carbons (Fsp3) is 0.417. The number of nitrogens with one attached hydrogen (secondary N) is 1. The summed E-state index contributed by atoms with van der Waals surface area (Å²) in [5, 5.41) is 2.57. The van der Waals surface area contributed by atoms with Gasteiger partial charge in [-0.3, -0.25) is 4.79 Å². The van der Waals surface area contributed by atoms with E-state index < -0.39 is 0 Å². The van der Waals surface area contributed by atoms with Gasteiger partial charge in [-0.1, -0.05) is 0 Å². The van der Waals surface area contributed by atoms with E-state index in [1.165, 1.54) is 0 Å². The molecule has 2 rings (SSSR count). The van der Waals surface area contributed by atoms with Crippen LogP contribution in [0.4, 0.5) is 0 Å². The Morgan fingerprint density at radius 2 is 2.19 bits per heavy atom. The third-order valence-electron chi connectivity index (χ3n) is 2.47. The molecular weight excluding hydrogens is 206 g/mol. The van der Waals surface area contributed by atoms with Crippen LogP contribution in [0.3, 0.4) is 0 Å². The molecule has 4 heteroatoms. The zero-order chi connectivity index (χ0) is 11.5. The molecule has 0 aromatic heterocycles. The van der Waals surface area contributed by atoms with Gasteiger partial charge in [-0.05, 0) is 25.0 Å². The van der Waals surface area contributed by atoms with Gasteiger partial charge in [0, 0.05) is 13.1 Å². The summed E-state index contributed by atoms with van der Waals surface area (Å²) in [6.07, 6.45) is 2.56. The highest BCUT2D eigenvalue weighted by atomic mass is 16.5. The van der Waals surface area contributed by atoms with E-state index in [1.807, 2.05) is 0 Å². The standard InChI is InChI=1S/C12H15NO3/c1-13-12(14)10-6-5-9(7-11(10)15-2)16-8-3-4-8/h5-8H,3-4H2,1-2H3,(H,13,14). The average Bonchev–Trinajstić information content (AvgIpc) is 3.11. The first-order valence-electron chi connectivity index (χ1n) is 5.31. The highest BCUT2D eigenvalue weighted by Gasteiger charge is 2.24. The van der Waals surface area contributed by atoms with Crippen molar-refractivity contribution in [2.45, 2.75) is 18.9 Å². The van der Waals surface area contributed by atoms with Crippen LogP contribution in [0.1, 0.15) is 23.2 Å². The Hall–Kier alpha value is -1.71. The Kier molecular flexibility index (Phi) is 2.99. The molecule has 0 radical (unpaired) electrons. The number of benzene rings is 1. The summed E-state index contributed by atoms with van der Waals surface area (Å²) >= 11 is 0. The van der Waals surface area contributed by atoms with Gasteiger partial charge in [0.15, 0.2) is 0 Å². The van der Waals surface area contributed by atoms with Crippen molar-refractivity contribution >= 4 is 5.91 Å². The zero-order valence-electron chi connectivity index (χ0n) is 9.45. The van der Waals surface area contributed by atoms with Crippen LogP contribution in [-0.2, 0) is 0 Å². The van der Waals surface area contributed by atoms with E-state index in [9.17, 15) is 4.79 Å². The second-order valence-electron chi connectivity index (χ2n) is 3.76. The number of rotatable bonds is 4. The number of carbonyl (C=O) groups is 1. The minimum absolute atomic E-state index is 0.158. The van der Waals surface area contributed by atoms with Crippen LogP contribution in [0.25, 0.3) is 0 Å². The zero-order valence-corrected chi connectivity index (χ0v) is 9.45. The predicted octanol–water partition coefficient (Wildman–Crippen LogP) is 1.60. The summed E-state index contributed by atoms with van der Waals surface area (Å²) in [5.41, 5.74) is 0.521. The molecule has 0 bridgehead atoms. The van der Waals surface area contributed by atoms with Crippen molar-refractivity contribution in [3.8, 4) is 11.5 Å². The molecule has 1 aliphatic carbocycles. The number of methoxy groups -OCH3 is 1. The van der Waals surface area contributed by atoms with Crippen molar-refractivity contribution in [1.29, 1.82) is 0 Å². The lowest BCUT2D eigenvalue weighted by Crippen LogP contribution is -2.18. The van der Waals surface area contributed by atoms with Crippen LogP contribution < -0.4 is 14.8 Å². The third-order valence-corrected chi connectivity index (χ3v) is 2.47. The van der Waals surface area contributed by atoms with Gasteiger partial charge in [-0.25, -0.2) is 0 Å². The molecule has 4 nitrogen and oxygen atoms in total. The molecule has 86 valence electrons. The third kappa shape index (κ3) is 2.27. The molecule has 0 saturated heterocycles. The molecule has 0 heterocycles. The van der Waals surface area contributed by atoms with Crippen LogP contribution in [0, 0.1) is 0 Å². The summed E-state index contributed by atoms with van der Waals surface area (Å²) in [6.45, 7) is 0. The summed E-state index contributed by atoms with van der Waals surface area (Å²) in [4.78, 5) is 11.5. The van der Waals surface area contributed by atoms with Gasteiger partial charge in [0.25, 0.3) is 5.91 Å². The molecule has 1 aliphatic rings. The molecule has 1 saturated carbocycles. The van der Waals surface area contributed by atoms with E-state index in [-0.39, 0.29) is 5.91 Å². The average molecular weight is 221 g/mol. The van der Waals surface area contributed by atoms with Gasteiger partial charge in [-0.15, -0.1) is 0 Å². The molecule has 1 aromatic carbocycles. The topological polar surface area (TPSA) is 47.6 Å². The number of hydrogen-bond acceptors (Lipinski definition) is 3. The lowest BCUT2D eigenvalue weighted by atomic mass is 10.2. The highest BCUT2D eigenvalue weighted by molar-refractivity contribution is 5.96. The quantitative estimate of drug-likeness (QED) is 0.840. The second-order valence-corrected chi connectivity index (χ2v) is 3.76. The van der Waals surface area contributed by atoms with Crippen molar-refractivity contribution in [3.63, 3.8) is 0 Å². The number of ether oxygens (including phenoxy) is 2. The molecular formula is C12H15NO3. The van der Waals surface area contributed by atoms with Gasteiger partial charge in [0.1, 0.15) is 11.5 Å². The summed E-state index contributed by atoms with van der Waals surface area (Å²) in [7, 11) is 3.14. The molecule has 1 amide bonds. The molecule has 16 heavy (non-hydrogen) atoms. The van der Waals surface area contributed by atoms with E-state index in [1.54, 1.807) is 32.4 Å². The molecule has 0 spiro atoms. The van der Waals surface area contributed by atoms with Crippen LogP contribution in [0.2, 0.25) is 0 Å². The fourth-order valence-corrected chi connectivity index (χ4v) is 1.45. The van der Waals surface area contributed by atoms with E-state index in [4.69, 9.17) is 9.47 Å². The second kappa shape index (κ2) is 4.43. The summed E-state index contributed by atoms with van der Waals surface area (Å²) in [5.74, 6) is 1.14. The van der Waals surface area contributed by atoms with Crippen molar-refractivity contribution in [1.82, 2.24) is 5.32 Å². The lowest BCUT2D eigenvalue weighted by Gasteiger charge is -2.10. The Bertz CT molecular complexity index is 399. The molecule has 1 aromatic rings. The molecule has 0 aliphatic heterocycles. The fourth-order valence-electron chi connectivity index (χ4n) is 1.45. The highest BCUT2D eigenvalue weighted by Crippen LogP contribution is 2.30. The number of amides is 1. The van der Waals surface area contributed by atoms with Crippen LogP contribution in [-0.4, -0.2) is 26.2 Å². The first-order valence-corrected chi connectivity index (χ1v) is 5.31. The van der Waals surface area contributed by atoms with Crippen molar-refractivity contribution in [2.24, 2.45) is 0 Å². The number of carbonyl (C=O) groups excluding carboxylic acids is 1. The van der Waals surface area contributed by atoms with Crippen LogP contribution in [0.15, 0.2) is 18.2 Å². The van der Waals surface area contributed by atoms with Gasteiger partial charge in [0.05, 0.1) is 18.8 Å². The van der Waals surface area contributed by atoms with Crippen molar-refractivity contribution in [3.05, 3.63) is 23.8 Å². The largest absolute Gasteiger partial charge is 0.496 e. The Morgan fingerprint density at radius 1 is 1.44 bits per heavy atom. The monoisotopic (exact) mass is 221 g/mol. The maximum Gasteiger partial charge on any atom is 0.254 e. The summed E-state index contributed by atoms with van der Waals surface area (Å²) in [6, 6.07) is 5.27. The maximum absolute atomic E-state index is 11.5. The first kappa shape index (κ1) is 10.8. The van der Waals surface area contributed by atoms with Gasteiger partial charge < -0.3 is 14.8 Å². The predicted molar refractivity (Wildman–Crippen MR) is 60.0 cm³/mol. The molecule has 0 unspecified atom stereocenters.